The molecule has 4 nitrogen and oxygen atoms in total. The summed E-state index contributed by atoms with van der Waals surface area (Å²) < 4.78 is 24.2. The topological polar surface area (TPSA) is 52.6 Å². The van der Waals surface area contributed by atoms with E-state index in [4.69, 9.17) is 21.1 Å². The molecule has 146 valence electrons. The van der Waals surface area contributed by atoms with Gasteiger partial charge in [-0.3, -0.25) is 9.59 Å². The maximum absolute atomic E-state index is 13.6. The van der Waals surface area contributed by atoms with Crippen LogP contribution in [0.25, 0.3) is 5.57 Å². The van der Waals surface area contributed by atoms with Gasteiger partial charge in [0.2, 0.25) is 0 Å². The minimum Gasteiger partial charge on any atom is -0.496 e. The zero-order valence-electron chi connectivity index (χ0n) is 15.6. The molecule has 2 unspecified atom stereocenters. The third-order valence-corrected chi connectivity index (χ3v) is 5.12. The van der Waals surface area contributed by atoms with Gasteiger partial charge in [0.15, 0.2) is 5.78 Å². The fraction of sp³-hybridized carbons (Fsp3) is 0.273. The molecule has 0 aromatic heterocycles. The standard InChI is InChI=1S/C22H20ClFO4/c1-3-28-22(26)21-16(13-8-9-18(24)17(23)11-13)10-14(12-19(21)25)15-6-4-5-7-20(15)27-2/h4-9,11-12,16,21H,3,10H2,1-2H3. The summed E-state index contributed by atoms with van der Waals surface area (Å²) in [5.74, 6) is -2.38. The number of ether oxygens (including phenoxy) is 2. The van der Waals surface area contributed by atoms with E-state index in [1.807, 2.05) is 24.3 Å². The number of allylic oxidation sites excluding steroid dienone is 2. The Morgan fingerprint density at radius 1 is 1.25 bits per heavy atom. The van der Waals surface area contributed by atoms with E-state index in [1.54, 1.807) is 20.1 Å². The lowest BCUT2D eigenvalue weighted by Gasteiger charge is -2.30. The Kier molecular flexibility index (Phi) is 6.15. The van der Waals surface area contributed by atoms with Crippen LogP contribution in [0.15, 0.2) is 48.5 Å². The zero-order chi connectivity index (χ0) is 20.3. The van der Waals surface area contributed by atoms with E-state index < -0.39 is 23.6 Å². The molecule has 0 N–H and O–H groups in total. The van der Waals surface area contributed by atoms with E-state index in [9.17, 15) is 14.0 Å². The Morgan fingerprint density at radius 2 is 2.00 bits per heavy atom. The van der Waals surface area contributed by atoms with Crippen LogP contribution in [0.1, 0.15) is 30.4 Å². The number of methoxy groups -OCH3 is 1. The number of halogens is 2. The number of hydrogen-bond acceptors (Lipinski definition) is 4. The number of carbonyl (C=O) groups is 2. The summed E-state index contributed by atoms with van der Waals surface area (Å²) in [7, 11) is 1.56. The van der Waals surface area contributed by atoms with Crippen molar-refractivity contribution in [3.8, 4) is 5.75 Å². The molecule has 0 heterocycles. The molecule has 2 aromatic carbocycles. The van der Waals surface area contributed by atoms with E-state index in [0.29, 0.717) is 17.7 Å². The first-order chi connectivity index (χ1) is 13.5. The van der Waals surface area contributed by atoms with E-state index in [1.165, 1.54) is 18.2 Å². The number of rotatable bonds is 5. The third kappa shape index (κ3) is 3.94. The maximum Gasteiger partial charge on any atom is 0.317 e. The molecule has 0 saturated heterocycles. The molecule has 2 atom stereocenters. The lowest BCUT2D eigenvalue weighted by Crippen LogP contribution is -2.34. The van der Waals surface area contributed by atoms with Crippen LogP contribution in [0.4, 0.5) is 4.39 Å². The lowest BCUT2D eigenvalue weighted by atomic mass is 9.73. The minimum absolute atomic E-state index is 0.0547. The average Bonchev–Trinajstić information content (AvgIpc) is 2.69. The molecule has 0 spiro atoms. The first-order valence-electron chi connectivity index (χ1n) is 8.95. The summed E-state index contributed by atoms with van der Waals surface area (Å²) >= 11 is 5.95. The highest BCUT2D eigenvalue weighted by atomic mass is 35.5. The first kappa shape index (κ1) is 20.1. The van der Waals surface area contributed by atoms with Gasteiger partial charge in [0.1, 0.15) is 17.5 Å². The Morgan fingerprint density at radius 3 is 2.68 bits per heavy atom. The van der Waals surface area contributed by atoms with Crippen molar-refractivity contribution in [2.24, 2.45) is 5.92 Å². The fourth-order valence-electron chi connectivity index (χ4n) is 3.54. The van der Waals surface area contributed by atoms with Crippen molar-refractivity contribution in [2.75, 3.05) is 13.7 Å². The van der Waals surface area contributed by atoms with Crippen LogP contribution in [0.5, 0.6) is 5.75 Å². The molecule has 2 aromatic rings. The quantitative estimate of drug-likeness (QED) is 0.532. The molecule has 3 rings (SSSR count). The number of hydrogen-bond donors (Lipinski definition) is 0. The predicted molar refractivity (Wildman–Crippen MR) is 105 cm³/mol. The lowest BCUT2D eigenvalue weighted by molar-refractivity contribution is -0.151. The second kappa shape index (κ2) is 8.57. The second-order valence-corrected chi connectivity index (χ2v) is 6.89. The van der Waals surface area contributed by atoms with Gasteiger partial charge in [-0.15, -0.1) is 0 Å². The molecular weight excluding hydrogens is 383 g/mol. The molecule has 1 aliphatic rings. The van der Waals surface area contributed by atoms with Gasteiger partial charge in [0, 0.05) is 11.5 Å². The predicted octanol–water partition coefficient (Wildman–Crippen LogP) is 4.81. The van der Waals surface area contributed by atoms with Gasteiger partial charge in [-0.05, 0) is 48.8 Å². The highest BCUT2D eigenvalue weighted by Crippen LogP contribution is 2.42. The van der Waals surface area contributed by atoms with Crippen molar-refractivity contribution in [3.05, 3.63) is 70.5 Å². The Labute approximate surface area is 167 Å². The second-order valence-electron chi connectivity index (χ2n) is 6.49. The molecule has 6 heteroatoms. The molecule has 0 amide bonds. The molecule has 0 aliphatic heterocycles. The summed E-state index contributed by atoms with van der Waals surface area (Å²) in [5, 5.41) is -0.0547. The summed E-state index contributed by atoms with van der Waals surface area (Å²) in [6.45, 7) is 1.85. The van der Waals surface area contributed by atoms with Crippen molar-refractivity contribution in [1.29, 1.82) is 0 Å². The van der Waals surface area contributed by atoms with Crippen molar-refractivity contribution >= 4 is 28.9 Å². The molecule has 0 radical (unpaired) electrons. The van der Waals surface area contributed by atoms with Gasteiger partial charge in [-0.25, -0.2) is 4.39 Å². The van der Waals surface area contributed by atoms with Gasteiger partial charge in [0.25, 0.3) is 0 Å². The largest absolute Gasteiger partial charge is 0.496 e. The highest BCUT2D eigenvalue weighted by molar-refractivity contribution is 6.30. The Bertz CT molecular complexity index is 938. The van der Waals surface area contributed by atoms with Crippen LogP contribution in [-0.4, -0.2) is 25.5 Å². The molecule has 0 fully saturated rings. The number of para-hydroxylation sites is 1. The molecule has 28 heavy (non-hydrogen) atoms. The van der Waals surface area contributed by atoms with Crippen LogP contribution in [0.2, 0.25) is 5.02 Å². The van der Waals surface area contributed by atoms with Gasteiger partial charge in [-0.2, -0.15) is 0 Å². The van der Waals surface area contributed by atoms with Crippen molar-refractivity contribution < 1.29 is 23.5 Å². The van der Waals surface area contributed by atoms with Crippen LogP contribution < -0.4 is 4.74 Å². The molecule has 1 aliphatic carbocycles. The van der Waals surface area contributed by atoms with Crippen LogP contribution in [0, 0.1) is 11.7 Å². The fourth-order valence-corrected chi connectivity index (χ4v) is 3.73. The van der Waals surface area contributed by atoms with Crippen LogP contribution in [-0.2, 0) is 14.3 Å². The van der Waals surface area contributed by atoms with Gasteiger partial charge < -0.3 is 9.47 Å². The summed E-state index contributed by atoms with van der Waals surface area (Å²) in [6.07, 6.45) is 1.86. The third-order valence-electron chi connectivity index (χ3n) is 4.83. The van der Waals surface area contributed by atoms with E-state index in [-0.39, 0.29) is 17.4 Å². The number of esters is 1. The van der Waals surface area contributed by atoms with Crippen molar-refractivity contribution in [1.82, 2.24) is 0 Å². The van der Waals surface area contributed by atoms with Gasteiger partial charge in [0.05, 0.1) is 18.7 Å². The summed E-state index contributed by atoms with van der Waals surface area (Å²) in [5.41, 5.74) is 2.13. The summed E-state index contributed by atoms with van der Waals surface area (Å²) in [4.78, 5) is 25.4. The number of benzene rings is 2. The monoisotopic (exact) mass is 402 g/mol. The average molecular weight is 403 g/mol. The summed E-state index contributed by atoms with van der Waals surface area (Å²) in [6, 6.07) is 11.6. The maximum atomic E-state index is 13.6. The van der Waals surface area contributed by atoms with Gasteiger partial charge in [-0.1, -0.05) is 35.9 Å². The van der Waals surface area contributed by atoms with E-state index in [2.05, 4.69) is 0 Å². The zero-order valence-corrected chi connectivity index (χ0v) is 16.3. The number of carbonyl (C=O) groups excluding carboxylic acids is 2. The molecule has 0 saturated carbocycles. The van der Waals surface area contributed by atoms with Gasteiger partial charge >= 0.3 is 5.97 Å². The van der Waals surface area contributed by atoms with Crippen molar-refractivity contribution in [2.45, 2.75) is 19.3 Å². The minimum atomic E-state index is -1.00. The van der Waals surface area contributed by atoms with E-state index >= 15 is 0 Å². The molecule has 0 bridgehead atoms. The first-order valence-corrected chi connectivity index (χ1v) is 9.33. The Balaban J connectivity index is 2.08. The number of ketones is 1. The SMILES string of the molecule is CCOC(=O)C1C(=O)C=C(c2ccccc2OC)CC1c1ccc(F)c(Cl)c1. The molecular formula is C22H20ClFO4. The van der Waals surface area contributed by atoms with Crippen molar-refractivity contribution in [3.63, 3.8) is 0 Å². The Hall–Kier alpha value is -2.66. The smallest absolute Gasteiger partial charge is 0.317 e. The highest BCUT2D eigenvalue weighted by Gasteiger charge is 2.40. The van der Waals surface area contributed by atoms with E-state index in [0.717, 1.165) is 11.1 Å². The van der Waals surface area contributed by atoms with Crippen LogP contribution >= 0.6 is 11.6 Å². The van der Waals surface area contributed by atoms with Crippen LogP contribution in [0.3, 0.4) is 0 Å². The normalized spacial score (nSPS) is 19.1.